The number of carbonyl (C=O) groups is 1. The minimum absolute atomic E-state index is 0. The highest BCUT2D eigenvalue weighted by Gasteiger charge is 2.24. The van der Waals surface area contributed by atoms with Crippen LogP contribution in [0.15, 0.2) is 47.4 Å². The van der Waals surface area contributed by atoms with Crippen LogP contribution in [0.2, 0.25) is 0 Å². The van der Waals surface area contributed by atoms with Crippen LogP contribution in [-0.2, 0) is 22.9 Å². The summed E-state index contributed by atoms with van der Waals surface area (Å²) in [6.45, 7) is 1.67. The van der Waals surface area contributed by atoms with Crippen molar-refractivity contribution in [2.24, 2.45) is 0 Å². The van der Waals surface area contributed by atoms with Crippen LogP contribution in [0.25, 0.3) is 0 Å². The van der Waals surface area contributed by atoms with E-state index in [9.17, 15) is 13.2 Å². The lowest BCUT2D eigenvalue weighted by Gasteiger charge is -2.27. The third-order valence-corrected chi connectivity index (χ3v) is 6.43. The molecule has 8 heteroatoms. The van der Waals surface area contributed by atoms with E-state index in [-0.39, 0.29) is 35.8 Å². The van der Waals surface area contributed by atoms with Crippen LogP contribution in [0, 0.1) is 0 Å². The number of sulfonamides is 1. The molecule has 2 aliphatic heterocycles. The molecular weight excluding hydrogens is 386 g/mol. The number of carbonyl (C=O) groups excluding carboxylic acids is 1. The summed E-state index contributed by atoms with van der Waals surface area (Å²) >= 11 is 0. The van der Waals surface area contributed by atoms with Crippen molar-refractivity contribution in [2.45, 2.75) is 23.8 Å². The highest BCUT2D eigenvalue weighted by atomic mass is 35.5. The van der Waals surface area contributed by atoms with Crippen LogP contribution >= 0.6 is 12.4 Å². The van der Waals surface area contributed by atoms with E-state index in [1.54, 1.807) is 12.1 Å². The van der Waals surface area contributed by atoms with Crippen molar-refractivity contribution in [3.8, 4) is 0 Å². The van der Waals surface area contributed by atoms with Crippen molar-refractivity contribution in [3.63, 3.8) is 0 Å². The van der Waals surface area contributed by atoms with Gasteiger partial charge in [-0.05, 0) is 48.2 Å². The number of amides is 1. The molecule has 0 aromatic heterocycles. The van der Waals surface area contributed by atoms with E-state index in [1.165, 1.54) is 11.6 Å². The summed E-state index contributed by atoms with van der Waals surface area (Å²) in [4.78, 5) is 12.1. The molecule has 0 fully saturated rings. The van der Waals surface area contributed by atoms with Gasteiger partial charge in [0.05, 0.1) is 4.90 Å². The first-order valence-corrected chi connectivity index (χ1v) is 10.2. The van der Waals surface area contributed by atoms with E-state index in [2.05, 4.69) is 21.4 Å². The van der Waals surface area contributed by atoms with Crippen molar-refractivity contribution in [3.05, 3.63) is 64.7 Å². The van der Waals surface area contributed by atoms with Gasteiger partial charge in [0.15, 0.2) is 0 Å². The van der Waals surface area contributed by atoms with Gasteiger partial charge in [0.2, 0.25) is 10.0 Å². The lowest BCUT2D eigenvalue weighted by Crippen LogP contribution is -2.39. The average molecular weight is 408 g/mol. The van der Waals surface area contributed by atoms with E-state index in [1.807, 2.05) is 18.2 Å². The summed E-state index contributed by atoms with van der Waals surface area (Å²) in [6.07, 6.45) is 1.66. The number of rotatable bonds is 4. The number of hydrogen-bond donors (Lipinski definition) is 3. The molecule has 1 atom stereocenters. The van der Waals surface area contributed by atoms with Crippen molar-refractivity contribution in [1.82, 2.24) is 15.4 Å². The van der Waals surface area contributed by atoms with Gasteiger partial charge in [-0.3, -0.25) is 4.79 Å². The van der Waals surface area contributed by atoms with Gasteiger partial charge in [-0.25, -0.2) is 13.1 Å². The summed E-state index contributed by atoms with van der Waals surface area (Å²) < 4.78 is 28.1. The summed E-state index contributed by atoms with van der Waals surface area (Å²) in [5.74, 6) is -0.217. The lowest BCUT2D eigenvalue weighted by atomic mass is 9.95. The second-order valence-electron chi connectivity index (χ2n) is 6.63. The smallest absolute Gasteiger partial charge is 0.251 e. The Kier molecular flexibility index (Phi) is 5.86. The zero-order valence-corrected chi connectivity index (χ0v) is 16.3. The molecular formula is C19H22ClN3O3S. The minimum atomic E-state index is -3.69. The number of nitrogens with one attached hydrogen (secondary N) is 3. The van der Waals surface area contributed by atoms with Crippen molar-refractivity contribution >= 4 is 28.3 Å². The molecule has 144 valence electrons. The molecule has 1 amide bonds. The van der Waals surface area contributed by atoms with E-state index < -0.39 is 10.0 Å². The molecule has 0 saturated heterocycles. The Morgan fingerprint density at radius 1 is 1.04 bits per heavy atom. The molecule has 2 heterocycles. The molecule has 1 unspecified atom stereocenters. The standard InChI is InChI=1S/C19H21N3O3S.ClH/c23-19-17-11-15(6-5-14(17)8-10-21-19)26(24,25)22-12-18-16-4-2-1-3-13(16)7-9-20-18;/h1-6,11,18,20,22H,7-10,12H2,(H,21,23);1H. The summed E-state index contributed by atoms with van der Waals surface area (Å²) in [7, 11) is -3.69. The third-order valence-electron chi connectivity index (χ3n) is 5.01. The SMILES string of the molecule is Cl.O=C1NCCc2ccc(S(=O)(=O)NCC3NCCc4ccccc43)cc21. The van der Waals surface area contributed by atoms with Crippen LogP contribution in [0.3, 0.4) is 0 Å². The summed E-state index contributed by atoms with van der Waals surface area (Å²) in [5.41, 5.74) is 3.71. The van der Waals surface area contributed by atoms with Crippen LogP contribution < -0.4 is 15.4 Å². The first-order valence-electron chi connectivity index (χ1n) is 8.76. The Labute approximate surface area is 165 Å². The monoisotopic (exact) mass is 407 g/mol. The van der Waals surface area contributed by atoms with Crippen LogP contribution in [-0.4, -0.2) is 34.0 Å². The molecule has 4 rings (SSSR count). The van der Waals surface area contributed by atoms with E-state index in [0.29, 0.717) is 12.1 Å². The van der Waals surface area contributed by atoms with E-state index >= 15 is 0 Å². The number of hydrogen-bond acceptors (Lipinski definition) is 4. The largest absolute Gasteiger partial charge is 0.352 e. The van der Waals surface area contributed by atoms with Crippen molar-refractivity contribution < 1.29 is 13.2 Å². The molecule has 2 aromatic rings. The molecule has 3 N–H and O–H groups in total. The zero-order valence-electron chi connectivity index (χ0n) is 14.7. The van der Waals surface area contributed by atoms with Gasteiger partial charge in [0.25, 0.3) is 5.91 Å². The highest BCUT2D eigenvalue weighted by molar-refractivity contribution is 7.89. The molecule has 27 heavy (non-hydrogen) atoms. The van der Waals surface area contributed by atoms with Crippen molar-refractivity contribution in [2.75, 3.05) is 19.6 Å². The lowest BCUT2D eigenvalue weighted by molar-refractivity contribution is 0.0945. The predicted molar refractivity (Wildman–Crippen MR) is 106 cm³/mol. The van der Waals surface area contributed by atoms with Gasteiger partial charge in [-0.1, -0.05) is 30.3 Å². The molecule has 0 aliphatic carbocycles. The summed E-state index contributed by atoms with van der Waals surface area (Å²) in [5, 5.41) is 6.11. The summed E-state index contributed by atoms with van der Waals surface area (Å²) in [6, 6.07) is 12.8. The third kappa shape index (κ3) is 4.01. The van der Waals surface area contributed by atoms with Gasteiger partial charge in [0.1, 0.15) is 0 Å². The van der Waals surface area contributed by atoms with Gasteiger partial charge < -0.3 is 10.6 Å². The zero-order chi connectivity index (χ0) is 18.1. The molecule has 2 aliphatic rings. The second-order valence-corrected chi connectivity index (χ2v) is 8.40. The maximum Gasteiger partial charge on any atom is 0.251 e. The van der Waals surface area contributed by atoms with Gasteiger partial charge in [-0.15, -0.1) is 12.4 Å². The Hall–Kier alpha value is -1.93. The van der Waals surface area contributed by atoms with Gasteiger partial charge in [-0.2, -0.15) is 0 Å². The predicted octanol–water partition coefficient (Wildman–Crippen LogP) is 1.56. The Morgan fingerprint density at radius 3 is 2.67 bits per heavy atom. The van der Waals surface area contributed by atoms with Crippen LogP contribution in [0.5, 0.6) is 0 Å². The normalized spacial score (nSPS) is 18.7. The van der Waals surface area contributed by atoms with Crippen LogP contribution in [0.1, 0.15) is 33.1 Å². The fraction of sp³-hybridized carbons (Fsp3) is 0.316. The fourth-order valence-corrected chi connectivity index (χ4v) is 4.68. The molecule has 2 aromatic carbocycles. The Balaban J connectivity index is 0.00000210. The van der Waals surface area contributed by atoms with Crippen molar-refractivity contribution in [1.29, 1.82) is 0 Å². The average Bonchev–Trinajstić information content (AvgIpc) is 2.66. The molecule has 6 nitrogen and oxygen atoms in total. The Bertz CT molecular complexity index is 962. The fourth-order valence-electron chi connectivity index (χ4n) is 3.61. The molecule has 0 spiro atoms. The highest BCUT2D eigenvalue weighted by Crippen LogP contribution is 2.23. The maximum absolute atomic E-state index is 12.7. The van der Waals surface area contributed by atoms with Gasteiger partial charge in [0, 0.05) is 24.7 Å². The van der Waals surface area contributed by atoms with Gasteiger partial charge >= 0.3 is 0 Å². The first kappa shape index (κ1) is 19.8. The topological polar surface area (TPSA) is 87.3 Å². The number of benzene rings is 2. The van der Waals surface area contributed by atoms with E-state index in [4.69, 9.17) is 0 Å². The number of halogens is 1. The quantitative estimate of drug-likeness (QED) is 0.717. The first-order chi connectivity index (χ1) is 12.5. The molecule has 0 radical (unpaired) electrons. The Morgan fingerprint density at radius 2 is 1.81 bits per heavy atom. The second kappa shape index (κ2) is 7.98. The number of fused-ring (bicyclic) bond motifs is 2. The molecule has 0 bridgehead atoms. The minimum Gasteiger partial charge on any atom is -0.352 e. The maximum atomic E-state index is 12.7. The molecule has 0 saturated carbocycles. The van der Waals surface area contributed by atoms with E-state index in [0.717, 1.165) is 30.5 Å². The van der Waals surface area contributed by atoms with Crippen LogP contribution in [0.4, 0.5) is 0 Å².